The fourth-order valence-corrected chi connectivity index (χ4v) is 1.79. The lowest BCUT2D eigenvalue weighted by molar-refractivity contribution is 0.111. The molecule has 0 atom stereocenters. The second kappa shape index (κ2) is 5.65. The highest BCUT2D eigenvalue weighted by atomic mass is 19.1. The predicted molar refractivity (Wildman–Crippen MR) is 66.7 cm³/mol. The Morgan fingerprint density at radius 2 is 2.26 bits per heavy atom. The van der Waals surface area contributed by atoms with Crippen molar-refractivity contribution in [3.05, 3.63) is 46.6 Å². The van der Waals surface area contributed by atoms with Gasteiger partial charge in [-0.15, -0.1) is 0 Å². The molecule has 1 aromatic heterocycles. The van der Waals surface area contributed by atoms with Crippen LogP contribution in [0.5, 0.6) is 5.75 Å². The summed E-state index contributed by atoms with van der Waals surface area (Å²) in [4.78, 5) is 10.9. The van der Waals surface area contributed by atoms with Crippen LogP contribution in [0.4, 0.5) is 4.39 Å². The van der Waals surface area contributed by atoms with Gasteiger partial charge in [0.05, 0.1) is 16.8 Å². The Morgan fingerprint density at radius 3 is 2.95 bits per heavy atom. The average Bonchev–Trinajstić information content (AvgIpc) is 2.77. The van der Waals surface area contributed by atoms with E-state index in [2.05, 4.69) is 5.16 Å². The topological polar surface area (TPSA) is 52.3 Å². The fourth-order valence-electron chi connectivity index (χ4n) is 1.79. The summed E-state index contributed by atoms with van der Waals surface area (Å²) < 4.78 is 23.6. The number of hydrogen-bond donors (Lipinski definition) is 0. The van der Waals surface area contributed by atoms with Gasteiger partial charge in [-0.2, -0.15) is 0 Å². The molecule has 0 saturated heterocycles. The Morgan fingerprint density at radius 1 is 1.47 bits per heavy atom. The Labute approximate surface area is 110 Å². The quantitative estimate of drug-likeness (QED) is 0.778. The Bertz CT molecular complexity index is 592. The minimum atomic E-state index is -0.468. The first kappa shape index (κ1) is 13.3. The van der Waals surface area contributed by atoms with E-state index in [1.807, 2.05) is 6.92 Å². The molecule has 19 heavy (non-hydrogen) atoms. The summed E-state index contributed by atoms with van der Waals surface area (Å²) in [5.41, 5.74) is 1.88. The third kappa shape index (κ3) is 2.81. The summed E-state index contributed by atoms with van der Waals surface area (Å²) in [6, 6.07) is 3.83. The van der Waals surface area contributed by atoms with E-state index < -0.39 is 5.82 Å². The van der Waals surface area contributed by atoms with Gasteiger partial charge in [0.2, 0.25) is 0 Å². The van der Waals surface area contributed by atoms with Crippen LogP contribution in [-0.2, 0) is 13.0 Å². The zero-order chi connectivity index (χ0) is 13.8. The molecule has 0 unspecified atom stereocenters. The van der Waals surface area contributed by atoms with Crippen LogP contribution in [-0.4, -0.2) is 11.4 Å². The first-order valence-corrected chi connectivity index (χ1v) is 5.97. The summed E-state index contributed by atoms with van der Waals surface area (Å²) >= 11 is 0. The SMILES string of the molecule is CCc1noc(C)c1COc1ccc(F)cc1C=O. The summed E-state index contributed by atoms with van der Waals surface area (Å²) in [5, 5.41) is 3.92. The van der Waals surface area contributed by atoms with Crippen molar-refractivity contribution in [1.82, 2.24) is 5.16 Å². The first-order chi connectivity index (χ1) is 9.15. The fraction of sp³-hybridized carbons (Fsp3) is 0.286. The van der Waals surface area contributed by atoms with E-state index in [0.717, 1.165) is 23.7 Å². The van der Waals surface area contributed by atoms with Crippen molar-refractivity contribution in [1.29, 1.82) is 0 Å². The van der Waals surface area contributed by atoms with E-state index in [0.29, 0.717) is 17.8 Å². The normalized spacial score (nSPS) is 10.5. The zero-order valence-electron chi connectivity index (χ0n) is 10.8. The van der Waals surface area contributed by atoms with Crippen molar-refractivity contribution in [2.75, 3.05) is 0 Å². The van der Waals surface area contributed by atoms with Gasteiger partial charge in [0.25, 0.3) is 0 Å². The molecule has 0 bridgehead atoms. The average molecular weight is 263 g/mol. The maximum atomic E-state index is 13.0. The van der Waals surface area contributed by atoms with Crippen molar-refractivity contribution in [2.45, 2.75) is 26.9 Å². The van der Waals surface area contributed by atoms with Crippen LogP contribution in [0.2, 0.25) is 0 Å². The molecule has 0 spiro atoms. The van der Waals surface area contributed by atoms with Crippen molar-refractivity contribution >= 4 is 6.29 Å². The van der Waals surface area contributed by atoms with Gasteiger partial charge >= 0.3 is 0 Å². The number of ether oxygens (including phenoxy) is 1. The molecule has 1 heterocycles. The lowest BCUT2D eigenvalue weighted by Crippen LogP contribution is -2.01. The largest absolute Gasteiger partial charge is 0.488 e. The lowest BCUT2D eigenvalue weighted by atomic mass is 10.1. The van der Waals surface area contributed by atoms with Crippen LogP contribution in [0.1, 0.15) is 34.3 Å². The third-order valence-electron chi connectivity index (χ3n) is 2.87. The van der Waals surface area contributed by atoms with Gasteiger partial charge in [0.1, 0.15) is 23.9 Å². The number of aldehydes is 1. The van der Waals surface area contributed by atoms with Gasteiger partial charge in [-0.3, -0.25) is 4.79 Å². The number of rotatable bonds is 5. The molecule has 0 amide bonds. The molecule has 0 aliphatic heterocycles. The minimum absolute atomic E-state index is 0.187. The van der Waals surface area contributed by atoms with Crippen LogP contribution in [0.3, 0.4) is 0 Å². The molecule has 0 saturated carbocycles. The molecule has 0 radical (unpaired) electrons. The highest BCUT2D eigenvalue weighted by Gasteiger charge is 2.13. The maximum Gasteiger partial charge on any atom is 0.153 e. The first-order valence-electron chi connectivity index (χ1n) is 5.97. The van der Waals surface area contributed by atoms with Crippen molar-refractivity contribution in [3.63, 3.8) is 0 Å². The Hall–Kier alpha value is -2.17. The highest BCUT2D eigenvalue weighted by molar-refractivity contribution is 5.79. The number of halogens is 1. The second-order valence-corrected chi connectivity index (χ2v) is 4.11. The molecule has 0 N–H and O–H groups in total. The van der Waals surface area contributed by atoms with E-state index in [-0.39, 0.29) is 12.2 Å². The van der Waals surface area contributed by atoms with Gasteiger partial charge in [-0.25, -0.2) is 4.39 Å². The van der Waals surface area contributed by atoms with Crippen LogP contribution >= 0.6 is 0 Å². The highest BCUT2D eigenvalue weighted by Crippen LogP contribution is 2.21. The molecule has 100 valence electrons. The van der Waals surface area contributed by atoms with E-state index in [4.69, 9.17) is 9.26 Å². The summed E-state index contributed by atoms with van der Waals surface area (Å²) in [6.07, 6.45) is 1.31. The molecule has 2 rings (SSSR count). The number of benzene rings is 1. The third-order valence-corrected chi connectivity index (χ3v) is 2.87. The predicted octanol–water partition coefficient (Wildman–Crippen LogP) is 3.08. The van der Waals surface area contributed by atoms with E-state index >= 15 is 0 Å². The molecule has 1 aromatic carbocycles. The molecule has 2 aromatic rings. The summed E-state index contributed by atoms with van der Waals surface area (Å²) in [5.74, 6) is 0.565. The molecule has 4 nitrogen and oxygen atoms in total. The van der Waals surface area contributed by atoms with Gasteiger partial charge in [-0.05, 0) is 31.5 Å². The lowest BCUT2D eigenvalue weighted by Gasteiger charge is -2.08. The summed E-state index contributed by atoms with van der Waals surface area (Å²) in [7, 11) is 0. The van der Waals surface area contributed by atoms with Gasteiger partial charge in [0.15, 0.2) is 6.29 Å². The number of carbonyl (C=O) groups is 1. The molecular formula is C14H14FNO3. The Balaban J connectivity index is 2.18. The van der Waals surface area contributed by atoms with E-state index in [1.54, 1.807) is 6.92 Å². The van der Waals surface area contributed by atoms with Crippen molar-refractivity contribution in [2.24, 2.45) is 0 Å². The van der Waals surface area contributed by atoms with Crippen molar-refractivity contribution in [3.8, 4) is 5.75 Å². The van der Waals surface area contributed by atoms with Gasteiger partial charge in [-0.1, -0.05) is 12.1 Å². The van der Waals surface area contributed by atoms with E-state index in [1.165, 1.54) is 12.1 Å². The molecule has 0 fully saturated rings. The summed E-state index contributed by atoms with van der Waals surface area (Å²) in [6.45, 7) is 4.01. The van der Waals surface area contributed by atoms with Gasteiger partial charge < -0.3 is 9.26 Å². The van der Waals surface area contributed by atoms with Crippen LogP contribution in [0.25, 0.3) is 0 Å². The van der Waals surface area contributed by atoms with Crippen molar-refractivity contribution < 1.29 is 18.4 Å². The number of nitrogens with zero attached hydrogens (tertiary/aromatic N) is 1. The molecule has 5 heteroatoms. The number of hydrogen-bond acceptors (Lipinski definition) is 4. The zero-order valence-corrected chi connectivity index (χ0v) is 10.8. The van der Waals surface area contributed by atoms with Crippen LogP contribution in [0.15, 0.2) is 22.7 Å². The molecular weight excluding hydrogens is 249 g/mol. The molecule has 0 aliphatic carbocycles. The number of carbonyl (C=O) groups excluding carboxylic acids is 1. The monoisotopic (exact) mass is 263 g/mol. The Kier molecular flexibility index (Phi) is 3.94. The number of aryl methyl sites for hydroxylation is 2. The molecule has 0 aliphatic rings. The second-order valence-electron chi connectivity index (χ2n) is 4.11. The van der Waals surface area contributed by atoms with Crippen LogP contribution in [0, 0.1) is 12.7 Å². The van der Waals surface area contributed by atoms with E-state index in [9.17, 15) is 9.18 Å². The smallest absolute Gasteiger partial charge is 0.153 e. The van der Waals surface area contributed by atoms with Gasteiger partial charge in [0, 0.05) is 0 Å². The maximum absolute atomic E-state index is 13.0. The minimum Gasteiger partial charge on any atom is -0.488 e. The van der Waals surface area contributed by atoms with Crippen LogP contribution < -0.4 is 4.74 Å². The number of aromatic nitrogens is 1. The standard InChI is InChI=1S/C14H14FNO3/c1-3-13-12(9(2)19-16-13)8-18-14-5-4-11(15)6-10(14)7-17/h4-7H,3,8H2,1-2H3.